The smallest absolute Gasteiger partial charge is 0.235 e. The van der Waals surface area contributed by atoms with E-state index >= 15 is 0 Å². The molecule has 1 aromatic heterocycles. The Hall–Kier alpha value is -2.93. The van der Waals surface area contributed by atoms with Gasteiger partial charge in [0.25, 0.3) is 0 Å². The molecule has 1 aliphatic rings. The van der Waals surface area contributed by atoms with E-state index in [2.05, 4.69) is 34.6 Å². The number of methoxy groups -OCH3 is 1. The molecule has 0 saturated carbocycles. The normalized spacial score (nSPS) is 16.0. The standard InChI is InChI=1S/C22H23N3O3S/c1-13-5-4-6-15(9-13)11-28-17-8-7-16(10-18(17)27-3)21-20-14(2)24-25-22(20)23-19(26)12-29-21/h4-10,21H,11-12H2,1-3H3,(H2,23,24,25,26). The summed E-state index contributed by atoms with van der Waals surface area (Å²) in [6.07, 6.45) is 0. The van der Waals surface area contributed by atoms with Crippen LogP contribution in [-0.4, -0.2) is 29.0 Å². The zero-order valence-corrected chi connectivity index (χ0v) is 17.4. The fourth-order valence-corrected chi connectivity index (χ4v) is 4.64. The van der Waals surface area contributed by atoms with Crippen molar-refractivity contribution >= 4 is 23.5 Å². The second-order valence-corrected chi connectivity index (χ2v) is 8.13. The predicted molar refractivity (Wildman–Crippen MR) is 115 cm³/mol. The summed E-state index contributed by atoms with van der Waals surface area (Å²) in [5.41, 5.74) is 5.29. The van der Waals surface area contributed by atoms with E-state index < -0.39 is 0 Å². The number of nitrogens with one attached hydrogen (secondary N) is 2. The van der Waals surface area contributed by atoms with Crippen LogP contribution in [0.25, 0.3) is 0 Å². The predicted octanol–water partition coefficient (Wildman–Crippen LogP) is 4.39. The first-order valence-corrected chi connectivity index (χ1v) is 10.4. The minimum absolute atomic E-state index is 0.0255. The number of carbonyl (C=O) groups excluding carboxylic acids is 1. The van der Waals surface area contributed by atoms with Gasteiger partial charge in [-0.3, -0.25) is 9.89 Å². The van der Waals surface area contributed by atoms with Gasteiger partial charge in [0.1, 0.15) is 6.61 Å². The monoisotopic (exact) mass is 409 g/mol. The van der Waals surface area contributed by atoms with Gasteiger partial charge in [-0.2, -0.15) is 5.10 Å². The van der Waals surface area contributed by atoms with Crippen molar-refractivity contribution in [1.29, 1.82) is 0 Å². The van der Waals surface area contributed by atoms with Gasteiger partial charge in [-0.05, 0) is 37.1 Å². The first-order valence-electron chi connectivity index (χ1n) is 9.37. The number of hydrogen-bond acceptors (Lipinski definition) is 5. The number of aromatic nitrogens is 2. The number of aromatic amines is 1. The minimum Gasteiger partial charge on any atom is -0.493 e. The Balaban J connectivity index is 1.61. The average molecular weight is 410 g/mol. The summed E-state index contributed by atoms with van der Waals surface area (Å²) in [5.74, 6) is 2.28. The fourth-order valence-electron chi connectivity index (χ4n) is 3.46. The summed E-state index contributed by atoms with van der Waals surface area (Å²) in [4.78, 5) is 12.0. The molecule has 150 valence electrons. The number of nitrogens with zero attached hydrogens (tertiary/aromatic N) is 1. The molecular formula is C22H23N3O3S. The van der Waals surface area contributed by atoms with Crippen LogP contribution in [0.5, 0.6) is 11.5 Å². The summed E-state index contributed by atoms with van der Waals surface area (Å²) in [5, 5.41) is 10.1. The largest absolute Gasteiger partial charge is 0.493 e. The van der Waals surface area contributed by atoms with E-state index in [1.807, 2.05) is 37.3 Å². The summed E-state index contributed by atoms with van der Waals surface area (Å²) >= 11 is 1.58. The van der Waals surface area contributed by atoms with Gasteiger partial charge in [-0.1, -0.05) is 35.9 Å². The molecule has 1 amide bonds. The van der Waals surface area contributed by atoms with Crippen LogP contribution >= 0.6 is 11.8 Å². The van der Waals surface area contributed by atoms with Gasteiger partial charge in [0.05, 0.1) is 18.1 Å². The average Bonchev–Trinajstić information content (AvgIpc) is 2.97. The highest BCUT2D eigenvalue weighted by molar-refractivity contribution is 8.00. The van der Waals surface area contributed by atoms with Crippen LogP contribution in [0.3, 0.4) is 0 Å². The third-order valence-corrected chi connectivity index (χ3v) is 6.13. The molecular weight excluding hydrogens is 386 g/mol. The Labute approximate surface area is 174 Å². The Kier molecular flexibility index (Phi) is 5.49. The number of rotatable bonds is 5. The molecule has 0 spiro atoms. The molecule has 2 N–H and O–H groups in total. The quantitative estimate of drug-likeness (QED) is 0.654. The lowest BCUT2D eigenvalue weighted by atomic mass is 10.0. The summed E-state index contributed by atoms with van der Waals surface area (Å²) in [6, 6.07) is 14.2. The van der Waals surface area contributed by atoms with Gasteiger partial charge in [0.2, 0.25) is 5.91 Å². The number of aryl methyl sites for hydroxylation is 2. The SMILES string of the molecule is COc1cc(C2SCC(=O)Nc3n[nH]c(C)c32)ccc1OCc1cccc(C)c1. The minimum atomic E-state index is -0.0460. The Morgan fingerprint density at radius 1 is 1.17 bits per heavy atom. The van der Waals surface area contributed by atoms with Gasteiger partial charge in [0, 0.05) is 11.3 Å². The van der Waals surface area contributed by atoms with E-state index in [1.165, 1.54) is 5.56 Å². The van der Waals surface area contributed by atoms with Crippen molar-refractivity contribution in [2.24, 2.45) is 0 Å². The van der Waals surface area contributed by atoms with Crippen molar-refractivity contribution in [3.8, 4) is 11.5 Å². The van der Waals surface area contributed by atoms with Crippen molar-refractivity contribution < 1.29 is 14.3 Å². The van der Waals surface area contributed by atoms with E-state index in [-0.39, 0.29) is 11.2 Å². The highest BCUT2D eigenvalue weighted by atomic mass is 32.2. The highest BCUT2D eigenvalue weighted by Crippen LogP contribution is 2.44. The van der Waals surface area contributed by atoms with Crippen molar-refractivity contribution in [2.45, 2.75) is 25.7 Å². The van der Waals surface area contributed by atoms with Gasteiger partial charge < -0.3 is 14.8 Å². The Morgan fingerprint density at radius 3 is 2.83 bits per heavy atom. The highest BCUT2D eigenvalue weighted by Gasteiger charge is 2.28. The molecule has 0 aliphatic carbocycles. The molecule has 0 bridgehead atoms. The zero-order valence-electron chi connectivity index (χ0n) is 16.6. The molecule has 1 unspecified atom stereocenters. The van der Waals surface area contributed by atoms with Gasteiger partial charge >= 0.3 is 0 Å². The number of thioether (sulfide) groups is 1. The lowest BCUT2D eigenvalue weighted by Crippen LogP contribution is -2.12. The summed E-state index contributed by atoms with van der Waals surface area (Å²) in [7, 11) is 1.64. The van der Waals surface area contributed by atoms with Gasteiger partial charge in [0.15, 0.2) is 17.3 Å². The third kappa shape index (κ3) is 4.10. The lowest BCUT2D eigenvalue weighted by molar-refractivity contribution is -0.113. The van der Waals surface area contributed by atoms with Crippen molar-refractivity contribution in [3.63, 3.8) is 0 Å². The van der Waals surface area contributed by atoms with Crippen LogP contribution in [-0.2, 0) is 11.4 Å². The van der Waals surface area contributed by atoms with Crippen LogP contribution < -0.4 is 14.8 Å². The maximum Gasteiger partial charge on any atom is 0.235 e. The van der Waals surface area contributed by atoms with Crippen LogP contribution in [0.4, 0.5) is 5.82 Å². The number of fused-ring (bicyclic) bond motifs is 1. The molecule has 4 rings (SSSR count). The second kappa shape index (κ2) is 8.21. The lowest BCUT2D eigenvalue weighted by Gasteiger charge is -2.18. The number of H-pyrrole nitrogens is 1. The number of amides is 1. The molecule has 6 nitrogen and oxygen atoms in total. The topological polar surface area (TPSA) is 76.2 Å². The van der Waals surface area contributed by atoms with E-state index in [1.54, 1.807) is 18.9 Å². The molecule has 29 heavy (non-hydrogen) atoms. The molecule has 0 radical (unpaired) electrons. The van der Waals surface area contributed by atoms with E-state index in [0.717, 1.165) is 22.4 Å². The number of ether oxygens (including phenoxy) is 2. The first-order chi connectivity index (χ1) is 14.0. The maximum atomic E-state index is 12.0. The van der Waals surface area contributed by atoms with Crippen LogP contribution in [0.15, 0.2) is 42.5 Å². The molecule has 1 aliphatic heterocycles. The van der Waals surface area contributed by atoms with Gasteiger partial charge in [-0.25, -0.2) is 0 Å². The maximum absolute atomic E-state index is 12.0. The fraction of sp³-hybridized carbons (Fsp3) is 0.273. The van der Waals surface area contributed by atoms with E-state index in [0.29, 0.717) is 29.7 Å². The number of hydrogen-bond donors (Lipinski definition) is 2. The van der Waals surface area contributed by atoms with Crippen LogP contribution in [0.2, 0.25) is 0 Å². The first kappa shape index (κ1) is 19.4. The molecule has 7 heteroatoms. The molecule has 2 aromatic carbocycles. The Morgan fingerprint density at radius 2 is 2.03 bits per heavy atom. The number of benzene rings is 2. The summed E-state index contributed by atoms with van der Waals surface area (Å²) < 4.78 is 11.6. The van der Waals surface area contributed by atoms with Crippen molar-refractivity contribution in [3.05, 3.63) is 70.4 Å². The second-order valence-electron chi connectivity index (χ2n) is 7.04. The van der Waals surface area contributed by atoms with Crippen LogP contribution in [0.1, 0.15) is 33.2 Å². The van der Waals surface area contributed by atoms with E-state index in [4.69, 9.17) is 9.47 Å². The molecule has 3 aromatic rings. The Bertz CT molecular complexity index is 1050. The van der Waals surface area contributed by atoms with Crippen molar-refractivity contribution in [2.75, 3.05) is 18.2 Å². The number of carbonyl (C=O) groups is 1. The van der Waals surface area contributed by atoms with Gasteiger partial charge in [-0.15, -0.1) is 11.8 Å². The number of anilines is 1. The molecule has 0 saturated heterocycles. The zero-order chi connectivity index (χ0) is 20.4. The van der Waals surface area contributed by atoms with Crippen molar-refractivity contribution in [1.82, 2.24) is 10.2 Å². The molecule has 2 heterocycles. The van der Waals surface area contributed by atoms with Crippen LogP contribution in [0, 0.1) is 13.8 Å². The summed E-state index contributed by atoms with van der Waals surface area (Å²) in [6.45, 7) is 4.50. The third-order valence-electron chi connectivity index (χ3n) is 4.86. The molecule has 1 atom stereocenters. The van der Waals surface area contributed by atoms with E-state index in [9.17, 15) is 4.79 Å². The molecule has 0 fully saturated rings.